The van der Waals surface area contributed by atoms with Crippen molar-refractivity contribution in [1.82, 2.24) is 5.32 Å². The molecule has 6 nitrogen and oxygen atoms in total. The first-order valence-corrected chi connectivity index (χ1v) is 4.82. The molecule has 4 atom stereocenters. The van der Waals surface area contributed by atoms with Crippen molar-refractivity contribution in [2.45, 2.75) is 37.9 Å². The van der Waals surface area contributed by atoms with E-state index < -0.39 is 24.5 Å². The molecule has 0 saturated carbocycles. The summed E-state index contributed by atoms with van der Waals surface area (Å²) < 4.78 is 10.2. The number of hydrogen-bond donors (Lipinski definition) is 3. The summed E-state index contributed by atoms with van der Waals surface area (Å²) in [5.74, 6) is -0.229. The molecule has 1 fully saturated rings. The number of carbonyl (C=O) groups is 1. The maximum Gasteiger partial charge on any atom is 0.217 e. The van der Waals surface area contributed by atoms with Crippen molar-refractivity contribution in [2.75, 3.05) is 13.7 Å². The van der Waals surface area contributed by atoms with Gasteiger partial charge in [0.1, 0.15) is 12.2 Å². The fraction of sp³-hybridized carbons (Fsp3) is 0.889. The number of hydrogen-bond acceptors (Lipinski definition) is 5. The number of ether oxygens (including phenoxy) is 2. The molecule has 0 bridgehead atoms. The molecular weight excluding hydrogens is 202 g/mol. The smallest absolute Gasteiger partial charge is 0.217 e. The van der Waals surface area contributed by atoms with Gasteiger partial charge in [-0.1, -0.05) is 0 Å². The summed E-state index contributed by atoms with van der Waals surface area (Å²) >= 11 is 0. The average molecular weight is 219 g/mol. The van der Waals surface area contributed by atoms with Crippen molar-refractivity contribution in [3.8, 4) is 0 Å². The first-order valence-electron chi connectivity index (χ1n) is 4.82. The van der Waals surface area contributed by atoms with Crippen molar-refractivity contribution in [3.63, 3.8) is 0 Å². The lowest BCUT2D eigenvalue weighted by molar-refractivity contribution is -0.227. The molecule has 0 aliphatic carbocycles. The molecule has 1 saturated heterocycles. The minimum atomic E-state index is -0.912. The highest BCUT2D eigenvalue weighted by atomic mass is 16.7. The summed E-state index contributed by atoms with van der Waals surface area (Å²) in [6.45, 7) is 1.06. The van der Waals surface area contributed by atoms with Gasteiger partial charge in [0.2, 0.25) is 5.91 Å². The minimum Gasteiger partial charge on any atom is -0.394 e. The van der Waals surface area contributed by atoms with Crippen LogP contribution < -0.4 is 5.32 Å². The summed E-state index contributed by atoms with van der Waals surface area (Å²) in [5, 5.41) is 21.3. The Bertz CT molecular complexity index is 223. The highest BCUT2D eigenvalue weighted by Crippen LogP contribution is 2.20. The van der Waals surface area contributed by atoms with Crippen molar-refractivity contribution in [3.05, 3.63) is 0 Å². The second-order valence-electron chi connectivity index (χ2n) is 3.56. The molecule has 0 aromatic heterocycles. The van der Waals surface area contributed by atoms with Crippen LogP contribution in [0.3, 0.4) is 0 Å². The van der Waals surface area contributed by atoms with Crippen LogP contribution in [-0.4, -0.2) is 54.4 Å². The Morgan fingerprint density at radius 2 is 2.33 bits per heavy atom. The Kier molecular flexibility index (Phi) is 4.46. The summed E-state index contributed by atoms with van der Waals surface area (Å²) in [5.41, 5.74) is 0. The predicted octanol–water partition coefficient (Wildman–Crippen LogP) is -1.39. The van der Waals surface area contributed by atoms with Crippen LogP contribution in [0.15, 0.2) is 0 Å². The molecule has 3 N–H and O–H groups in total. The van der Waals surface area contributed by atoms with Gasteiger partial charge < -0.3 is 25.0 Å². The van der Waals surface area contributed by atoms with E-state index in [0.717, 1.165) is 0 Å². The van der Waals surface area contributed by atoms with E-state index in [4.69, 9.17) is 14.6 Å². The third-order valence-electron chi connectivity index (χ3n) is 2.40. The molecule has 1 aliphatic rings. The molecule has 0 aromatic carbocycles. The highest BCUT2D eigenvalue weighted by molar-refractivity contribution is 5.73. The van der Waals surface area contributed by atoms with Crippen LogP contribution >= 0.6 is 0 Å². The quantitative estimate of drug-likeness (QED) is 0.543. The molecule has 1 heterocycles. The number of aliphatic hydroxyl groups is 2. The maximum atomic E-state index is 10.9. The minimum absolute atomic E-state index is 0.229. The molecule has 1 aliphatic heterocycles. The largest absolute Gasteiger partial charge is 0.394 e. The van der Waals surface area contributed by atoms with Crippen LogP contribution in [-0.2, 0) is 14.3 Å². The topological polar surface area (TPSA) is 88.0 Å². The van der Waals surface area contributed by atoms with E-state index in [-0.39, 0.29) is 12.5 Å². The first kappa shape index (κ1) is 12.4. The van der Waals surface area contributed by atoms with Crippen LogP contribution in [0.5, 0.6) is 0 Å². The van der Waals surface area contributed by atoms with Crippen LogP contribution in [0.1, 0.15) is 13.3 Å². The monoisotopic (exact) mass is 219 g/mol. The van der Waals surface area contributed by atoms with Gasteiger partial charge in [0, 0.05) is 20.5 Å². The second kappa shape index (κ2) is 5.41. The molecule has 0 aromatic rings. The molecule has 6 heteroatoms. The van der Waals surface area contributed by atoms with Gasteiger partial charge in [0.05, 0.1) is 12.6 Å². The third kappa shape index (κ3) is 3.13. The predicted molar refractivity (Wildman–Crippen MR) is 51.0 cm³/mol. The van der Waals surface area contributed by atoms with Crippen molar-refractivity contribution < 1.29 is 24.5 Å². The van der Waals surface area contributed by atoms with E-state index in [1.165, 1.54) is 14.0 Å². The lowest BCUT2D eigenvalue weighted by Crippen LogP contribution is -2.56. The molecule has 1 rings (SSSR count). The van der Waals surface area contributed by atoms with Crippen LogP contribution in [0, 0.1) is 0 Å². The van der Waals surface area contributed by atoms with Crippen LogP contribution in [0.2, 0.25) is 0 Å². The Balaban J connectivity index is 2.63. The normalized spacial score (nSPS) is 36.3. The van der Waals surface area contributed by atoms with E-state index in [9.17, 15) is 9.90 Å². The van der Waals surface area contributed by atoms with Crippen molar-refractivity contribution in [2.24, 2.45) is 0 Å². The zero-order valence-corrected chi connectivity index (χ0v) is 8.84. The number of nitrogens with one attached hydrogen (secondary N) is 1. The lowest BCUT2D eigenvalue weighted by Gasteiger charge is -2.38. The molecule has 0 spiro atoms. The zero-order valence-electron chi connectivity index (χ0n) is 8.84. The van der Waals surface area contributed by atoms with Crippen molar-refractivity contribution >= 4 is 5.91 Å². The average Bonchev–Trinajstić information content (AvgIpc) is 2.20. The van der Waals surface area contributed by atoms with Gasteiger partial charge in [0.25, 0.3) is 0 Å². The van der Waals surface area contributed by atoms with Crippen LogP contribution in [0.25, 0.3) is 0 Å². The van der Waals surface area contributed by atoms with Gasteiger partial charge in [-0.15, -0.1) is 0 Å². The summed E-state index contributed by atoms with van der Waals surface area (Å²) in [6.07, 6.45) is -1.78. The fourth-order valence-corrected chi connectivity index (χ4v) is 1.65. The molecule has 0 radical (unpaired) electrons. The zero-order chi connectivity index (χ0) is 11.4. The first-order chi connectivity index (χ1) is 7.08. The van der Waals surface area contributed by atoms with Gasteiger partial charge >= 0.3 is 0 Å². The van der Waals surface area contributed by atoms with Gasteiger partial charge in [-0.2, -0.15) is 0 Å². The SMILES string of the molecule is CO[C@@H]1C[C@@H](NC(C)=O)[C@H](O)[C@@H](CO)O1. The fourth-order valence-electron chi connectivity index (χ4n) is 1.65. The number of methoxy groups -OCH3 is 1. The Morgan fingerprint density at radius 1 is 1.67 bits per heavy atom. The third-order valence-corrected chi connectivity index (χ3v) is 2.40. The number of carbonyl (C=O) groups excluding carboxylic acids is 1. The van der Waals surface area contributed by atoms with E-state index >= 15 is 0 Å². The van der Waals surface area contributed by atoms with Gasteiger partial charge in [-0.25, -0.2) is 0 Å². The Labute approximate surface area is 88.2 Å². The van der Waals surface area contributed by atoms with E-state index in [1.54, 1.807) is 0 Å². The van der Waals surface area contributed by atoms with Gasteiger partial charge in [0.15, 0.2) is 6.29 Å². The molecule has 1 amide bonds. The summed E-state index contributed by atoms with van der Waals surface area (Å²) in [4.78, 5) is 10.9. The van der Waals surface area contributed by atoms with Crippen LogP contribution in [0.4, 0.5) is 0 Å². The summed E-state index contributed by atoms with van der Waals surface area (Å²) in [6, 6.07) is -0.446. The Hall–Kier alpha value is -0.690. The number of amides is 1. The molecule has 88 valence electrons. The van der Waals surface area contributed by atoms with E-state index in [1.807, 2.05) is 0 Å². The van der Waals surface area contributed by atoms with E-state index in [0.29, 0.717) is 6.42 Å². The number of rotatable bonds is 3. The molecule has 15 heavy (non-hydrogen) atoms. The molecular formula is C9H17NO5. The maximum absolute atomic E-state index is 10.9. The van der Waals surface area contributed by atoms with Crippen molar-refractivity contribution in [1.29, 1.82) is 0 Å². The molecule has 0 unspecified atom stereocenters. The van der Waals surface area contributed by atoms with E-state index in [2.05, 4.69) is 5.32 Å². The lowest BCUT2D eigenvalue weighted by atomic mass is 9.99. The summed E-state index contributed by atoms with van der Waals surface area (Å²) in [7, 11) is 1.47. The Morgan fingerprint density at radius 3 is 2.80 bits per heavy atom. The van der Waals surface area contributed by atoms with Gasteiger partial charge in [-0.05, 0) is 0 Å². The standard InChI is InChI=1S/C9H17NO5/c1-5(12)10-6-3-8(14-2)15-7(4-11)9(6)13/h6-9,11,13H,3-4H2,1-2H3,(H,10,12)/t6-,7-,8+,9+/m1/s1. The number of aliphatic hydroxyl groups excluding tert-OH is 2. The second-order valence-corrected chi connectivity index (χ2v) is 3.56. The van der Waals surface area contributed by atoms with Gasteiger partial charge in [-0.3, -0.25) is 4.79 Å². The highest BCUT2D eigenvalue weighted by Gasteiger charge is 2.37.